The van der Waals surface area contributed by atoms with Crippen molar-refractivity contribution in [2.45, 2.75) is 50.6 Å². The molecule has 1 atom stereocenters. The Morgan fingerprint density at radius 3 is 2.33 bits per heavy atom. The van der Waals surface area contributed by atoms with E-state index in [0.717, 1.165) is 64.7 Å². The number of halogens is 1. The predicted octanol–water partition coefficient (Wildman–Crippen LogP) is 2.42. The highest BCUT2D eigenvalue weighted by atomic mass is 19.1. The Kier molecular flexibility index (Phi) is 5.43. The van der Waals surface area contributed by atoms with Gasteiger partial charge in [-0.3, -0.25) is 14.5 Å². The van der Waals surface area contributed by atoms with Crippen LogP contribution in [-0.2, 0) is 4.79 Å². The molecule has 3 aliphatic rings. The Balaban J connectivity index is 1.28. The molecule has 1 aromatic carbocycles. The molecule has 6 heteroatoms. The molecule has 4 rings (SSSR count). The van der Waals surface area contributed by atoms with Gasteiger partial charge in [0.25, 0.3) is 5.91 Å². The fraction of sp³-hybridized carbons (Fsp3) is 0.619. The quantitative estimate of drug-likeness (QED) is 0.882. The first-order valence-corrected chi connectivity index (χ1v) is 10.2. The van der Waals surface area contributed by atoms with Crippen molar-refractivity contribution in [3.05, 3.63) is 35.6 Å². The van der Waals surface area contributed by atoms with Gasteiger partial charge in [0.05, 0.1) is 5.92 Å². The lowest BCUT2D eigenvalue weighted by Crippen LogP contribution is -2.51. The van der Waals surface area contributed by atoms with Crippen molar-refractivity contribution in [2.75, 3.05) is 26.2 Å². The summed E-state index contributed by atoms with van der Waals surface area (Å²) >= 11 is 0. The van der Waals surface area contributed by atoms with Crippen molar-refractivity contribution in [1.82, 2.24) is 15.1 Å². The summed E-state index contributed by atoms with van der Waals surface area (Å²) in [7, 11) is 0. The molecular weight excluding hydrogens is 345 g/mol. The summed E-state index contributed by atoms with van der Waals surface area (Å²) < 4.78 is 13.1. The topological polar surface area (TPSA) is 52.7 Å². The van der Waals surface area contributed by atoms with Crippen LogP contribution < -0.4 is 5.32 Å². The van der Waals surface area contributed by atoms with Crippen LogP contribution in [-0.4, -0.2) is 59.9 Å². The zero-order chi connectivity index (χ0) is 18.8. The monoisotopic (exact) mass is 373 g/mol. The second-order valence-electron chi connectivity index (χ2n) is 8.15. The molecule has 2 heterocycles. The van der Waals surface area contributed by atoms with Gasteiger partial charge >= 0.3 is 0 Å². The van der Waals surface area contributed by atoms with Crippen LogP contribution in [0.1, 0.15) is 48.9 Å². The normalized spacial score (nSPS) is 24.6. The molecule has 0 bridgehead atoms. The molecule has 2 amide bonds. The van der Waals surface area contributed by atoms with Crippen LogP contribution in [0.3, 0.4) is 0 Å². The van der Waals surface area contributed by atoms with Gasteiger partial charge in [-0.2, -0.15) is 0 Å². The minimum Gasteiger partial charge on any atom is -0.353 e. The van der Waals surface area contributed by atoms with E-state index < -0.39 is 0 Å². The Hall–Kier alpha value is -1.95. The van der Waals surface area contributed by atoms with Crippen molar-refractivity contribution in [3.63, 3.8) is 0 Å². The molecule has 0 unspecified atom stereocenters. The third-order valence-electron chi connectivity index (χ3n) is 6.11. The molecule has 0 aromatic heterocycles. The first-order valence-electron chi connectivity index (χ1n) is 10.2. The third kappa shape index (κ3) is 4.49. The third-order valence-corrected chi connectivity index (χ3v) is 6.11. The summed E-state index contributed by atoms with van der Waals surface area (Å²) in [6.45, 7) is 3.32. The van der Waals surface area contributed by atoms with E-state index >= 15 is 0 Å². The van der Waals surface area contributed by atoms with Gasteiger partial charge in [-0.05, 0) is 69.3 Å². The van der Waals surface area contributed by atoms with E-state index in [9.17, 15) is 14.0 Å². The summed E-state index contributed by atoms with van der Waals surface area (Å²) in [4.78, 5) is 29.3. The summed E-state index contributed by atoms with van der Waals surface area (Å²) in [5.41, 5.74) is 0.546. The summed E-state index contributed by atoms with van der Waals surface area (Å²) in [5, 5.41) is 3.15. The number of rotatable bonds is 4. The highest BCUT2D eigenvalue weighted by Crippen LogP contribution is 2.26. The Morgan fingerprint density at radius 1 is 0.963 bits per heavy atom. The fourth-order valence-electron chi connectivity index (χ4n) is 4.31. The van der Waals surface area contributed by atoms with E-state index in [1.54, 1.807) is 12.1 Å². The van der Waals surface area contributed by atoms with Gasteiger partial charge in [0.15, 0.2) is 0 Å². The van der Waals surface area contributed by atoms with Crippen molar-refractivity contribution in [2.24, 2.45) is 5.92 Å². The zero-order valence-electron chi connectivity index (χ0n) is 15.7. The average Bonchev–Trinajstić information content (AvgIpc) is 3.52. The van der Waals surface area contributed by atoms with Crippen LogP contribution >= 0.6 is 0 Å². The van der Waals surface area contributed by atoms with Gasteiger partial charge in [0.2, 0.25) is 5.91 Å². The number of likely N-dealkylation sites (tertiary alicyclic amines) is 2. The molecule has 2 saturated heterocycles. The molecule has 1 N–H and O–H groups in total. The molecule has 2 aliphatic heterocycles. The number of hydrogen-bond donors (Lipinski definition) is 1. The number of hydrogen-bond acceptors (Lipinski definition) is 3. The predicted molar refractivity (Wildman–Crippen MR) is 101 cm³/mol. The molecule has 3 fully saturated rings. The molecular formula is C21H28FN3O2. The number of carbonyl (C=O) groups excluding carboxylic acids is 2. The number of carbonyl (C=O) groups is 2. The summed E-state index contributed by atoms with van der Waals surface area (Å²) in [6.07, 6.45) is 6.17. The van der Waals surface area contributed by atoms with E-state index in [1.807, 2.05) is 4.90 Å². The van der Waals surface area contributed by atoms with E-state index in [2.05, 4.69) is 10.2 Å². The highest BCUT2D eigenvalue weighted by molar-refractivity contribution is 5.94. The van der Waals surface area contributed by atoms with Gasteiger partial charge in [-0.1, -0.05) is 0 Å². The standard InChI is InChI=1S/C21H28FN3O2/c22-17-5-3-15(4-6-17)21(27)24-12-9-19(10-13-24)25-11-1-2-16(14-25)20(26)23-18-7-8-18/h3-6,16,18-19H,1-2,7-14H2,(H,23,26)/t16-/m0/s1. The maximum Gasteiger partial charge on any atom is 0.253 e. The first kappa shape index (κ1) is 18.4. The van der Waals surface area contributed by atoms with Crippen LogP contribution in [0.2, 0.25) is 0 Å². The van der Waals surface area contributed by atoms with Gasteiger partial charge in [-0.25, -0.2) is 4.39 Å². The van der Waals surface area contributed by atoms with Crippen molar-refractivity contribution in [3.8, 4) is 0 Å². The molecule has 5 nitrogen and oxygen atoms in total. The molecule has 27 heavy (non-hydrogen) atoms. The minimum atomic E-state index is -0.323. The summed E-state index contributed by atoms with van der Waals surface area (Å²) in [6, 6.07) is 6.64. The molecule has 0 spiro atoms. The SMILES string of the molecule is O=C(NC1CC1)[C@H]1CCCN(C2CCN(C(=O)c3ccc(F)cc3)CC2)C1. The van der Waals surface area contributed by atoms with Crippen LogP contribution in [0.5, 0.6) is 0 Å². The second-order valence-corrected chi connectivity index (χ2v) is 8.15. The van der Waals surface area contributed by atoms with Gasteiger partial charge in [-0.15, -0.1) is 0 Å². The van der Waals surface area contributed by atoms with Crippen molar-refractivity contribution < 1.29 is 14.0 Å². The second kappa shape index (κ2) is 7.97. The van der Waals surface area contributed by atoms with Gasteiger partial charge in [0.1, 0.15) is 5.82 Å². The Labute approximate surface area is 159 Å². The number of benzene rings is 1. The lowest BCUT2D eigenvalue weighted by atomic mass is 9.93. The maximum atomic E-state index is 13.1. The molecule has 146 valence electrons. The van der Waals surface area contributed by atoms with Crippen molar-refractivity contribution >= 4 is 11.8 Å². The van der Waals surface area contributed by atoms with Gasteiger partial charge in [0, 0.05) is 37.3 Å². The smallest absolute Gasteiger partial charge is 0.253 e. The number of piperidine rings is 2. The van der Waals surface area contributed by atoms with Crippen LogP contribution in [0.25, 0.3) is 0 Å². The lowest BCUT2D eigenvalue weighted by molar-refractivity contribution is -0.127. The average molecular weight is 373 g/mol. The van der Waals surface area contributed by atoms with E-state index in [4.69, 9.17) is 0 Å². The summed E-state index contributed by atoms with van der Waals surface area (Å²) in [5.74, 6) is -0.00577. The first-order chi connectivity index (χ1) is 13.1. The van der Waals surface area contributed by atoms with Crippen LogP contribution in [0.4, 0.5) is 4.39 Å². The lowest BCUT2D eigenvalue weighted by Gasteiger charge is -2.42. The molecule has 1 saturated carbocycles. The van der Waals surface area contributed by atoms with Crippen LogP contribution in [0.15, 0.2) is 24.3 Å². The zero-order valence-corrected chi connectivity index (χ0v) is 15.7. The van der Waals surface area contributed by atoms with E-state index in [1.165, 1.54) is 12.1 Å². The van der Waals surface area contributed by atoms with Gasteiger partial charge < -0.3 is 10.2 Å². The largest absolute Gasteiger partial charge is 0.353 e. The Bertz CT molecular complexity index is 681. The Morgan fingerprint density at radius 2 is 1.67 bits per heavy atom. The number of amides is 2. The fourth-order valence-corrected chi connectivity index (χ4v) is 4.31. The number of nitrogens with zero attached hydrogens (tertiary/aromatic N) is 2. The van der Waals surface area contributed by atoms with E-state index in [0.29, 0.717) is 17.6 Å². The molecule has 0 radical (unpaired) electrons. The minimum absolute atomic E-state index is 0.0196. The van der Waals surface area contributed by atoms with E-state index in [-0.39, 0.29) is 23.5 Å². The molecule has 1 aliphatic carbocycles. The van der Waals surface area contributed by atoms with Crippen LogP contribution in [0, 0.1) is 11.7 Å². The highest BCUT2D eigenvalue weighted by Gasteiger charge is 2.34. The molecule has 1 aromatic rings. The number of nitrogens with one attached hydrogen (secondary N) is 1. The maximum absolute atomic E-state index is 13.1. The van der Waals surface area contributed by atoms with Crippen molar-refractivity contribution in [1.29, 1.82) is 0 Å².